The van der Waals surface area contributed by atoms with Crippen molar-refractivity contribution >= 4 is 39.4 Å². The minimum Gasteiger partial charge on any atom is -0.508 e. The van der Waals surface area contributed by atoms with Gasteiger partial charge in [0.15, 0.2) is 5.60 Å². The van der Waals surface area contributed by atoms with Crippen molar-refractivity contribution in [2.24, 2.45) is 11.0 Å². The Morgan fingerprint density at radius 2 is 1.80 bits per heavy atom. The van der Waals surface area contributed by atoms with Gasteiger partial charge in [0.2, 0.25) is 5.91 Å². The Balaban J connectivity index is 0.934. The lowest BCUT2D eigenvalue weighted by Gasteiger charge is -2.31. The van der Waals surface area contributed by atoms with E-state index in [1.807, 2.05) is 38.2 Å². The molecule has 3 aromatic carbocycles. The number of ether oxygens (including phenoxy) is 2. The summed E-state index contributed by atoms with van der Waals surface area (Å²) < 4.78 is 15.4. The first kappa shape index (κ1) is 39.0. The molecule has 3 unspecified atom stereocenters. The van der Waals surface area contributed by atoms with E-state index in [2.05, 4.69) is 53.2 Å². The number of nitrogens with zero attached hydrogens (tertiary/aromatic N) is 4. The van der Waals surface area contributed by atoms with Gasteiger partial charge in [-0.1, -0.05) is 40.7 Å². The maximum absolute atomic E-state index is 13.7. The Hall–Kier alpha value is -6.47. The third-order valence-corrected chi connectivity index (χ3v) is 12.8. The summed E-state index contributed by atoms with van der Waals surface area (Å²) in [6.45, 7) is 10.9. The van der Waals surface area contributed by atoms with Crippen molar-refractivity contribution in [3.8, 4) is 28.6 Å². The summed E-state index contributed by atoms with van der Waals surface area (Å²) in [5, 5.41) is 39.0. The highest BCUT2D eigenvalue weighted by molar-refractivity contribution is 6.08. The van der Waals surface area contributed by atoms with Crippen molar-refractivity contribution < 1.29 is 34.4 Å². The smallest absolute Gasteiger partial charge is 0.343 e. The molecule has 60 heavy (non-hydrogen) atoms. The number of hydrogen-bond acceptors (Lipinski definition) is 10. The molecule has 3 aliphatic rings. The number of amides is 1. The number of rotatable bonds is 10. The average Bonchev–Trinajstić information content (AvgIpc) is 3.82. The number of fused-ring (bicyclic) bond motifs is 6. The normalized spacial score (nSPS) is 18.9. The molecule has 0 bridgehead atoms. The molecule has 0 radical (unpaired) electrons. The van der Waals surface area contributed by atoms with Crippen molar-refractivity contribution in [2.45, 2.75) is 91.0 Å². The van der Waals surface area contributed by atoms with Crippen molar-refractivity contribution in [2.75, 3.05) is 6.61 Å². The van der Waals surface area contributed by atoms with E-state index < -0.39 is 11.6 Å². The van der Waals surface area contributed by atoms with Crippen LogP contribution in [0.3, 0.4) is 0 Å². The molecular weight excluding hydrogens is 763 g/mol. The predicted molar refractivity (Wildman–Crippen MR) is 226 cm³/mol. The summed E-state index contributed by atoms with van der Waals surface area (Å²) in [6.07, 6.45) is 3.03. The molecule has 13 nitrogen and oxygen atoms in total. The minimum atomic E-state index is -1.88. The number of benzene rings is 3. The van der Waals surface area contributed by atoms with E-state index in [0.29, 0.717) is 71.2 Å². The number of carbonyl (C=O) groups excluding carboxylic acids is 2. The van der Waals surface area contributed by atoms with Crippen LogP contribution >= 0.6 is 0 Å². The van der Waals surface area contributed by atoms with Crippen LogP contribution in [0.2, 0.25) is 0 Å². The first-order chi connectivity index (χ1) is 28.8. The molecule has 9 rings (SSSR count). The second kappa shape index (κ2) is 14.7. The van der Waals surface area contributed by atoms with Crippen LogP contribution in [0.15, 0.2) is 76.8 Å². The largest absolute Gasteiger partial charge is 0.508 e. The first-order valence-corrected chi connectivity index (χ1v) is 20.6. The number of nitrogens with one attached hydrogen (secondary N) is 1. The highest BCUT2D eigenvalue weighted by Gasteiger charge is 2.45. The Morgan fingerprint density at radius 1 is 0.983 bits per heavy atom. The number of pyridine rings is 2. The molecule has 6 aromatic rings. The summed E-state index contributed by atoms with van der Waals surface area (Å²) in [7, 11) is 0. The molecule has 4 N–H and O–H groups in total. The lowest BCUT2D eigenvalue weighted by Crippen LogP contribution is -2.44. The Kier molecular flexibility index (Phi) is 9.54. The maximum Gasteiger partial charge on any atom is 0.343 e. The zero-order valence-corrected chi connectivity index (χ0v) is 34.2. The number of aliphatic hydroxyl groups is 1. The van der Waals surface area contributed by atoms with Crippen LogP contribution in [0.25, 0.3) is 33.2 Å². The first-order valence-electron chi connectivity index (χ1n) is 20.6. The van der Waals surface area contributed by atoms with Crippen LogP contribution in [-0.4, -0.2) is 53.6 Å². The average molecular weight is 810 g/mol. The zero-order valence-electron chi connectivity index (χ0n) is 34.2. The Labute approximate surface area is 345 Å². The van der Waals surface area contributed by atoms with Gasteiger partial charge < -0.3 is 33.9 Å². The van der Waals surface area contributed by atoms with Crippen LogP contribution in [0, 0.1) is 5.92 Å². The van der Waals surface area contributed by atoms with Gasteiger partial charge in [0, 0.05) is 52.2 Å². The second-order valence-corrected chi connectivity index (χ2v) is 16.4. The fourth-order valence-corrected chi connectivity index (χ4v) is 9.31. The van der Waals surface area contributed by atoms with Crippen molar-refractivity contribution in [1.29, 1.82) is 0 Å². The van der Waals surface area contributed by atoms with Crippen LogP contribution in [0.1, 0.15) is 98.2 Å². The van der Waals surface area contributed by atoms with Gasteiger partial charge >= 0.3 is 5.97 Å². The van der Waals surface area contributed by atoms with Gasteiger partial charge in [0.25, 0.3) is 5.56 Å². The van der Waals surface area contributed by atoms with Crippen molar-refractivity contribution in [1.82, 2.24) is 19.5 Å². The van der Waals surface area contributed by atoms with Crippen LogP contribution in [0.4, 0.5) is 0 Å². The topological polar surface area (TPSA) is 178 Å². The second-order valence-electron chi connectivity index (χ2n) is 16.4. The summed E-state index contributed by atoms with van der Waals surface area (Å²) in [6, 6.07) is 19.0. The summed E-state index contributed by atoms with van der Waals surface area (Å²) in [5.74, 6) is -0.687. The molecule has 3 aromatic heterocycles. The van der Waals surface area contributed by atoms with E-state index in [0.717, 1.165) is 38.5 Å². The van der Waals surface area contributed by atoms with Crippen molar-refractivity contribution in [3.05, 3.63) is 116 Å². The van der Waals surface area contributed by atoms with E-state index in [9.17, 15) is 29.7 Å². The number of aryl methyl sites for hydroxylation is 1. The predicted octanol–water partition coefficient (Wildman–Crippen LogP) is 6.85. The number of phenols is 2. The third-order valence-electron chi connectivity index (χ3n) is 12.8. The summed E-state index contributed by atoms with van der Waals surface area (Å²) in [5.41, 5.74) is 8.90. The highest BCUT2D eigenvalue weighted by atomic mass is 16.6. The number of aromatic hydroxyl groups is 2. The van der Waals surface area contributed by atoms with Crippen molar-refractivity contribution in [3.63, 3.8) is 0 Å². The monoisotopic (exact) mass is 809 g/mol. The van der Waals surface area contributed by atoms with Gasteiger partial charge in [0.1, 0.15) is 30.5 Å². The fourth-order valence-electron chi connectivity index (χ4n) is 9.31. The van der Waals surface area contributed by atoms with Gasteiger partial charge in [-0.2, -0.15) is 5.10 Å². The number of carbonyl (C=O) groups is 2. The molecule has 3 aliphatic heterocycles. The lowest BCUT2D eigenvalue weighted by molar-refractivity contribution is -0.172. The number of phenolic OH excluding ortho intramolecular Hbond substituents is 2. The quantitative estimate of drug-likeness (QED) is 0.108. The summed E-state index contributed by atoms with van der Waals surface area (Å²) in [4.78, 5) is 44.0. The SMILES string of the molecule is CCc1c2c(nc3ccc(OCCn4ccc5cc(C(C)C6CC(=O)NN=C6c6cc(C(C)C)c(O)cc6O)ccc54)cc13)-c1cc3c(c(=O)n1C2)COC(=O)C3(O)CC. The molecule has 1 amide bonds. The number of hydrazone groups is 1. The van der Waals surface area contributed by atoms with E-state index >= 15 is 0 Å². The maximum atomic E-state index is 13.7. The standard InChI is InChI=1S/C47H47N5O8/c1-6-29-32-17-28(9-10-37(32)48-44-34(29)22-52-39(44)20-36-35(45(52)56)23-60-46(57)47(36,58)7-2)59-15-14-51-13-12-27-16-26(8-11-38(27)51)25(5)31-19-42(55)49-50-43(31)33-18-30(24(3)4)40(53)21-41(33)54/h8-13,16-18,20-21,24-25,31,53-54,58H,6-7,14-15,19,22-23H2,1-5H3,(H,49,55). The number of hydrogen-bond donors (Lipinski definition) is 4. The number of cyclic esters (lactones) is 1. The van der Waals surface area contributed by atoms with E-state index in [-0.39, 0.29) is 60.2 Å². The molecule has 0 fully saturated rings. The highest BCUT2D eigenvalue weighted by Crippen LogP contribution is 2.42. The van der Waals surface area contributed by atoms with E-state index in [1.165, 1.54) is 6.07 Å². The van der Waals surface area contributed by atoms with Gasteiger partial charge in [-0.05, 0) is 95.3 Å². The molecule has 0 saturated carbocycles. The van der Waals surface area contributed by atoms with Gasteiger partial charge in [-0.25, -0.2) is 15.2 Å². The van der Waals surface area contributed by atoms with E-state index in [4.69, 9.17) is 14.5 Å². The fraction of sp³-hybridized carbons (Fsp3) is 0.340. The van der Waals surface area contributed by atoms with Crippen LogP contribution in [0.5, 0.6) is 17.2 Å². The number of esters is 1. The Morgan fingerprint density at radius 3 is 2.57 bits per heavy atom. The molecule has 0 spiro atoms. The van der Waals surface area contributed by atoms with Gasteiger partial charge in [-0.15, -0.1) is 0 Å². The van der Waals surface area contributed by atoms with Gasteiger partial charge in [0.05, 0.1) is 41.3 Å². The van der Waals surface area contributed by atoms with Crippen LogP contribution in [-0.2, 0) is 46.0 Å². The molecular formula is C47H47N5O8. The zero-order chi connectivity index (χ0) is 42.2. The molecule has 0 aliphatic carbocycles. The molecule has 6 heterocycles. The summed E-state index contributed by atoms with van der Waals surface area (Å²) >= 11 is 0. The lowest BCUT2D eigenvalue weighted by atomic mass is 9.78. The minimum absolute atomic E-state index is 0.0218. The molecule has 3 atom stereocenters. The molecule has 308 valence electrons. The van der Waals surface area contributed by atoms with Crippen LogP contribution < -0.4 is 15.7 Å². The molecule has 13 heteroatoms. The third kappa shape index (κ3) is 6.21. The Bertz CT molecular complexity index is 2870. The van der Waals surface area contributed by atoms with E-state index in [1.54, 1.807) is 23.6 Å². The molecule has 0 saturated heterocycles. The van der Waals surface area contributed by atoms with Gasteiger partial charge in [-0.3, -0.25) is 9.59 Å². The number of aromatic nitrogens is 3.